The molecule has 1 fully saturated rings. The molecule has 1 N–H and O–H groups in total. The Morgan fingerprint density at radius 3 is 2.75 bits per heavy atom. The first-order chi connectivity index (χ1) is 9.41. The van der Waals surface area contributed by atoms with Gasteiger partial charge in [-0.05, 0) is 19.4 Å². The second-order valence-corrected chi connectivity index (χ2v) is 4.81. The van der Waals surface area contributed by atoms with E-state index in [0.717, 1.165) is 12.5 Å². The summed E-state index contributed by atoms with van der Waals surface area (Å²) in [7, 11) is 1.78. The van der Waals surface area contributed by atoms with Gasteiger partial charge in [-0.1, -0.05) is 0 Å². The molecule has 2 atom stereocenters. The average Bonchev–Trinajstić information content (AvgIpc) is 2.83. The molecule has 7 nitrogen and oxygen atoms in total. The fraction of sp³-hybridized carbons (Fsp3) is 0.462. The van der Waals surface area contributed by atoms with Gasteiger partial charge in [0, 0.05) is 25.8 Å². The smallest absolute Gasteiger partial charge is 0.338 e. The zero-order chi connectivity index (χ0) is 14.9. The van der Waals surface area contributed by atoms with E-state index in [9.17, 15) is 20.0 Å². The van der Waals surface area contributed by atoms with Crippen molar-refractivity contribution in [3.8, 4) is 0 Å². The molecule has 1 aromatic rings. The Kier molecular flexibility index (Phi) is 3.89. The van der Waals surface area contributed by atoms with Gasteiger partial charge in [-0.15, -0.1) is 0 Å². The Hall–Kier alpha value is -2.15. The number of nitro groups is 1. The molecule has 0 aromatic heterocycles. The van der Waals surface area contributed by atoms with Crippen LogP contribution in [0.15, 0.2) is 18.2 Å². The molecule has 0 amide bonds. The number of carboxylic acid groups (broad SMARTS) is 1. The lowest BCUT2D eigenvalue weighted by atomic mass is 10.1. The van der Waals surface area contributed by atoms with Crippen LogP contribution in [0, 0.1) is 10.1 Å². The number of nitrogens with zero attached hydrogens (tertiary/aromatic N) is 2. The normalized spacial score (nSPS) is 21.7. The highest BCUT2D eigenvalue weighted by Crippen LogP contribution is 2.29. The first-order valence-corrected chi connectivity index (χ1v) is 6.28. The number of benzene rings is 1. The predicted molar refractivity (Wildman–Crippen MR) is 72.3 cm³/mol. The van der Waals surface area contributed by atoms with E-state index in [1.165, 1.54) is 12.1 Å². The number of anilines is 1. The minimum atomic E-state index is -1.18. The minimum absolute atomic E-state index is 0.00293. The van der Waals surface area contributed by atoms with Gasteiger partial charge in [-0.25, -0.2) is 4.79 Å². The maximum absolute atomic E-state index is 11.3. The molecule has 1 aliphatic rings. The van der Waals surface area contributed by atoms with Crippen LogP contribution in [0.1, 0.15) is 23.7 Å². The van der Waals surface area contributed by atoms with Crippen molar-refractivity contribution in [2.75, 3.05) is 18.6 Å². The highest BCUT2D eigenvalue weighted by Gasteiger charge is 2.30. The fourth-order valence-corrected chi connectivity index (χ4v) is 2.52. The van der Waals surface area contributed by atoms with E-state index < -0.39 is 10.9 Å². The molecule has 0 saturated carbocycles. The van der Waals surface area contributed by atoms with Gasteiger partial charge in [0.2, 0.25) is 0 Å². The van der Waals surface area contributed by atoms with Gasteiger partial charge < -0.3 is 14.7 Å². The number of ether oxygens (including phenoxy) is 1. The lowest BCUT2D eigenvalue weighted by molar-refractivity contribution is -0.384. The van der Waals surface area contributed by atoms with Crippen LogP contribution < -0.4 is 4.90 Å². The zero-order valence-electron chi connectivity index (χ0n) is 11.3. The quantitative estimate of drug-likeness (QED) is 0.669. The van der Waals surface area contributed by atoms with Gasteiger partial charge in [0.25, 0.3) is 5.69 Å². The zero-order valence-corrected chi connectivity index (χ0v) is 11.3. The summed E-state index contributed by atoms with van der Waals surface area (Å²) in [5.41, 5.74) is 0.168. The van der Waals surface area contributed by atoms with Crippen LogP contribution in [0.25, 0.3) is 0 Å². The Morgan fingerprint density at radius 2 is 2.25 bits per heavy atom. The third-order valence-corrected chi connectivity index (χ3v) is 3.64. The molecule has 2 unspecified atom stereocenters. The first-order valence-electron chi connectivity index (χ1n) is 6.28. The molecule has 0 aliphatic carbocycles. The van der Waals surface area contributed by atoms with Crippen LogP contribution in [-0.4, -0.2) is 41.8 Å². The highest BCUT2D eigenvalue weighted by molar-refractivity contribution is 5.95. The van der Waals surface area contributed by atoms with E-state index >= 15 is 0 Å². The van der Waals surface area contributed by atoms with E-state index in [2.05, 4.69) is 0 Å². The summed E-state index contributed by atoms with van der Waals surface area (Å²) < 4.78 is 5.47. The molecular weight excluding hydrogens is 264 g/mol. The van der Waals surface area contributed by atoms with E-state index in [-0.39, 0.29) is 23.4 Å². The molecule has 20 heavy (non-hydrogen) atoms. The molecule has 1 aromatic carbocycles. The Labute approximate surface area is 115 Å². The van der Waals surface area contributed by atoms with Crippen LogP contribution in [0.2, 0.25) is 0 Å². The van der Waals surface area contributed by atoms with E-state index in [1.807, 2.05) is 11.8 Å². The standard InChI is InChI=1S/C13H16N2O5/c1-8-11(5-6-20-8)14(2)12-4-3-9(15(18)19)7-10(12)13(16)17/h3-4,7-8,11H,5-6H2,1-2H3,(H,16,17). The van der Waals surface area contributed by atoms with Gasteiger partial charge in [0.15, 0.2) is 0 Å². The largest absolute Gasteiger partial charge is 0.478 e. The van der Waals surface area contributed by atoms with Crippen LogP contribution in [0.4, 0.5) is 11.4 Å². The third-order valence-electron chi connectivity index (χ3n) is 3.64. The number of rotatable bonds is 4. The molecule has 108 valence electrons. The van der Waals surface area contributed by atoms with Crippen molar-refractivity contribution in [1.29, 1.82) is 0 Å². The van der Waals surface area contributed by atoms with Crippen LogP contribution in [-0.2, 0) is 4.74 Å². The highest BCUT2D eigenvalue weighted by atomic mass is 16.6. The number of carbonyl (C=O) groups is 1. The van der Waals surface area contributed by atoms with Crippen molar-refractivity contribution < 1.29 is 19.6 Å². The van der Waals surface area contributed by atoms with E-state index in [1.54, 1.807) is 7.05 Å². The molecule has 2 rings (SSSR count). The topological polar surface area (TPSA) is 92.9 Å². The van der Waals surface area contributed by atoms with Crippen molar-refractivity contribution in [2.24, 2.45) is 0 Å². The molecule has 0 radical (unpaired) electrons. The third kappa shape index (κ3) is 2.57. The molecule has 0 bridgehead atoms. The lowest BCUT2D eigenvalue weighted by Gasteiger charge is -2.29. The van der Waals surface area contributed by atoms with Gasteiger partial charge >= 0.3 is 5.97 Å². The molecular formula is C13H16N2O5. The number of aromatic carboxylic acids is 1. The van der Waals surface area contributed by atoms with E-state index in [4.69, 9.17) is 4.74 Å². The minimum Gasteiger partial charge on any atom is -0.478 e. The summed E-state index contributed by atoms with van der Waals surface area (Å²) in [6.45, 7) is 2.56. The second-order valence-electron chi connectivity index (χ2n) is 4.81. The van der Waals surface area contributed by atoms with Crippen LogP contribution >= 0.6 is 0 Å². The molecule has 0 spiro atoms. The van der Waals surface area contributed by atoms with Gasteiger partial charge in [0.05, 0.1) is 28.3 Å². The van der Waals surface area contributed by atoms with Crippen molar-refractivity contribution in [1.82, 2.24) is 0 Å². The summed E-state index contributed by atoms with van der Waals surface area (Å²) in [5, 5.41) is 20.0. The Morgan fingerprint density at radius 1 is 1.55 bits per heavy atom. The number of nitro benzene ring substituents is 1. The monoisotopic (exact) mass is 280 g/mol. The Bertz CT molecular complexity index is 546. The lowest BCUT2D eigenvalue weighted by Crippen LogP contribution is -2.37. The summed E-state index contributed by atoms with van der Waals surface area (Å²) >= 11 is 0. The summed E-state index contributed by atoms with van der Waals surface area (Å²) in [4.78, 5) is 23.3. The van der Waals surface area contributed by atoms with Crippen molar-refractivity contribution in [2.45, 2.75) is 25.5 Å². The molecule has 1 saturated heterocycles. The van der Waals surface area contributed by atoms with Crippen molar-refractivity contribution in [3.63, 3.8) is 0 Å². The first kappa shape index (κ1) is 14.3. The maximum atomic E-state index is 11.3. The van der Waals surface area contributed by atoms with Gasteiger partial charge in [-0.2, -0.15) is 0 Å². The summed E-state index contributed by atoms with van der Waals surface area (Å²) in [6.07, 6.45) is 0.796. The second kappa shape index (κ2) is 5.46. The number of carboxylic acids is 1. The maximum Gasteiger partial charge on any atom is 0.338 e. The number of hydrogen-bond acceptors (Lipinski definition) is 5. The molecule has 7 heteroatoms. The van der Waals surface area contributed by atoms with E-state index in [0.29, 0.717) is 12.3 Å². The van der Waals surface area contributed by atoms with Crippen LogP contribution in [0.3, 0.4) is 0 Å². The number of likely N-dealkylation sites (N-methyl/N-ethyl adjacent to an activating group) is 1. The number of hydrogen-bond donors (Lipinski definition) is 1. The van der Waals surface area contributed by atoms with Gasteiger partial charge in [0.1, 0.15) is 0 Å². The number of non-ortho nitro benzene ring substituents is 1. The van der Waals surface area contributed by atoms with Gasteiger partial charge in [-0.3, -0.25) is 10.1 Å². The van der Waals surface area contributed by atoms with Crippen LogP contribution in [0.5, 0.6) is 0 Å². The fourth-order valence-electron chi connectivity index (χ4n) is 2.52. The molecule has 1 heterocycles. The van der Waals surface area contributed by atoms with Crippen molar-refractivity contribution >= 4 is 17.3 Å². The predicted octanol–water partition coefficient (Wildman–Crippen LogP) is 1.91. The summed E-state index contributed by atoms with van der Waals surface area (Å²) in [5.74, 6) is -1.18. The average molecular weight is 280 g/mol. The summed E-state index contributed by atoms with van der Waals surface area (Å²) in [6, 6.07) is 3.95. The molecule has 1 aliphatic heterocycles. The Balaban J connectivity index is 2.40. The van der Waals surface area contributed by atoms with Crippen molar-refractivity contribution in [3.05, 3.63) is 33.9 Å². The SMILES string of the molecule is CC1OCCC1N(C)c1ccc([N+](=O)[O-])cc1C(=O)O.